The van der Waals surface area contributed by atoms with Crippen molar-refractivity contribution in [2.75, 3.05) is 12.3 Å². The fraction of sp³-hybridized carbons (Fsp3) is 0.364. The van der Waals surface area contributed by atoms with E-state index in [1.54, 1.807) is 41.8 Å². The average Bonchev–Trinajstić information content (AvgIpc) is 2.68. The minimum absolute atomic E-state index is 0.0885. The standard InChI is InChI=1S/C22H26Cl2N2O2S/c1-4-25-22(28)16(3)26(14-17-7-8-18(23)13-20(17)24)21(27)11-12-29-19-9-5-15(2)6-10-19/h5-10,13,16H,4,11-12,14H2,1-3H3,(H,25,28)/t16-/m0/s1. The van der Waals surface area contributed by atoms with Gasteiger partial charge in [-0.05, 0) is 50.6 Å². The Kier molecular flexibility index (Phi) is 9.34. The molecule has 2 amide bonds. The van der Waals surface area contributed by atoms with Crippen molar-refractivity contribution in [1.82, 2.24) is 10.2 Å². The van der Waals surface area contributed by atoms with Gasteiger partial charge in [0.05, 0.1) is 0 Å². The second kappa shape index (κ2) is 11.5. The lowest BCUT2D eigenvalue weighted by Crippen LogP contribution is -2.47. The Morgan fingerprint density at radius 3 is 2.45 bits per heavy atom. The van der Waals surface area contributed by atoms with Crippen molar-refractivity contribution in [3.63, 3.8) is 0 Å². The number of nitrogens with one attached hydrogen (secondary N) is 1. The molecule has 2 aromatic rings. The van der Waals surface area contributed by atoms with E-state index < -0.39 is 6.04 Å². The van der Waals surface area contributed by atoms with Crippen LogP contribution in [0.5, 0.6) is 0 Å². The van der Waals surface area contributed by atoms with Gasteiger partial charge in [-0.15, -0.1) is 11.8 Å². The highest BCUT2D eigenvalue weighted by molar-refractivity contribution is 7.99. The Labute approximate surface area is 187 Å². The van der Waals surface area contributed by atoms with Gasteiger partial charge >= 0.3 is 0 Å². The number of hydrogen-bond donors (Lipinski definition) is 1. The number of aryl methyl sites for hydroxylation is 1. The summed E-state index contributed by atoms with van der Waals surface area (Å²) in [6, 6.07) is 12.8. The Hall–Kier alpha value is -1.69. The molecule has 0 saturated carbocycles. The average molecular weight is 453 g/mol. The van der Waals surface area contributed by atoms with Crippen LogP contribution in [0.2, 0.25) is 10.0 Å². The molecule has 0 aliphatic carbocycles. The molecule has 2 rings (SSSR count). The van der Waals surface area contributed by atoms with Crippen LogP contribution >= 0.6 is 35.0 Å². The largest absolute Gasteiger partial charge is 0.355 e. The van der Waals surface area contributed by atoms with Gasteiger partial charge in [-0.2, -0.15) is 0 Å². The molecule has 156 valence electrons. The quantitative estimate of drug-likeness (QED) is 0.522. The summed E-state index contributed by atoms with van der Waals surface area (Å²) in [5.41, 5.74) is 1.96. The summed E-state index contributed by atoms with van der Waals surface area (Å²) in [6.45, 7) is 6.39. The molecule has 0 aliphatic rings. The number of hydrogen-bond acceptors (Lipinski definition) is 3. The number of benzene rings is 2. The number of nitrogens with zero attached hydrogens (tertiary/aromatic N) is 1. The lowest BCUT2D eigenvalue weighted by Gasteiger charge is -2.29. The van der Waals surface area contributed by atoms with Crippen LogP contribution in [0, 0.1) is 6.92 Å². The molecule has 0 aromatic heterocycles. The Morgan fingerprint density at radius 2 is 1.83 bits per heavy atom. The van der Waals surface area contributed by atoms with E-state index in [0.717, 1.165) is 10.5 Å². The summed E-state index contributed by atoms with van der Waals surface area (Å²) in [5.74, 6) is 0.362. The van der Waals surface area contributed by atoms with Gasteiger partial charge < -0.3 is 10.2 Å². The number of thioether (sulfide) groups is 1. The molecule has 0 saturated heterocycles. The smallest absolute Gasteiger partial charge is 0.242 e. The maximum absolute atomic E-state index is 13.0. The molecular formula is C22H26Cl2N2O2S. The molecule has 29 heavy (non-hydrogen) atoms. The van der Waals surface area contributed by atoms with Crippen molar-refractivity contribution >= 4 is 46.8 Å². The Balaban J connectivity index is 2.09. The van der Waals surface area contributed by atoms with Crippen LogP contribution in [0.25, 0.3) is 0 Å². The lowest BCUT2D eigenvalue weighted by atomic mass is 10.1. The fourth-order valence-corrected chi connectivity index (χ4v) is 4.08. The number of rotatable bonds is 9. The first-order valence-corrected chi connectivity index (χ1v) is 11.3. The van der Waals surface area contributed by atoms with Crippen molar-refractivity contribution < 1.29 is 9.59 Å². The van der Waals surface area contributed by atoms with Crippen LogP contribution in [0.15, 0.2) is 47.4 Å². The number of carbonyl (C=O) groups excluding carboxylic acids is 2. The number of carbonyl (C=O) groups is 2. The van der Waals surface area contributed by atoms with E-state index in [-0.39, 0.29) is 18.4 Å². The van der Waals surface area contributed by atoms with Crippen LogP contribution in [-0.4, -0.2) is 35.1 Å². The third-order valence-corrected chi connectivity index (χ3v) is 6.08. The highest BCUT2D eigenvalue weighted by atomic mass is 35.5. The van der Waals surface area contributed by atoms with Crippen molar-refractivity contribution in [3.8, 4) is 0 Å². The molecule has 1 atom stereocenters. The molecule has 0 spiro atoms. The van der Waals surface area contributed by atoms with Crippen LogP contribution in [0.1, 0.15) is 31.4 Å². The van der Waals surface area contributed by atoms with Gasteiger partial charge in [0.25, 0.3) is 0 Å². The SMILES string of the molecule is CCNC(=O)[C@H](C)N(Cc1ccc(Cl)cc1Cl)C(=O)CCSc1ccc(C)cc1. The summed E-state index contributed by atoms with van der Waals surface area (Å²) in [4.78, 5) is 28.1. The molecule has 0 radical (unpaired) electrons. The molecule has 4 nitrogen and oxygen atoms in total. The fourth-order valence-electron chi connectivity index (χ4n) is 2.77. The number of halogens is 2. The Bertz CT molecular complexity index is 843. The summed E-state index contributed by atoms with van der Waals surface area (Å²) in [7, 11) is 0. The zero-order chi connectivity index (χ0) is 21.4. The molecule has 0 aliphatic heterocycles. The highest BCUT2D eigenvalue weighted by Crippen LogP contribution is 2.24. The molecule has 0 fully saturated rings. The first-order valence-electron chi connectivity index (χ1n) is 9.52. The normalized spacial score (nSPS) is 11.8. The maximum Gasteiger partial charge on any atom is 0.242 e. The van der Waals surface area contributed by atoms with Gasteiger partial charge in [-0.25, -0.2) is 0 Å². The van der Waals surface area contributed by atoms with E-state index in [4.69, 9.17) is 23.2 Å². The molecule has 0 unspecified atom stereocenters. The first-order chi connectivity index (χ1) is 13.8. The Morgan fingerprint density at radius 1 is 1.14 bits per heavy atom. The van der Waals surface area contributed by atoms with E-state index in [1.807, 2.05) is 26.0 Å². The van der Waals surface area contributed by atoms with Gasteiger partial charge in [-0.1, -0.05) is 47.0 Å². The third kappa shape index (κ3) is 7.25. The lowest BCUT2D eigenvalue weighted by molar-refractivity contribution is -0.140. The maximum atomic E-state index is 13.0. The molecule has 0 heterocycles. The topological polar surface area (TPSA) is 49.4 Å². The zero-order valence-electron chi connectivity index (χ0n) is 16.9. The minimum Gasteiger partial charge on any atom is -0.355 e. The summed E-state index contributed by atoms with van der Waals surface area (Å²) in [6.07, 6.45) is 0.327. The van der Waals surface area contributed by atoms with Crippen molar-refractivity contribution in [3.05, 3.63) is 63.6 Å². The van der Waals surface area contributed by atoms with E-state index >= 15 is 0 Å². The van der Waals surface area contributed by atoms with Crippen molar-refractivity contribution in [2.24, 2.45) is 0 Å². The number of likely N-dealkylation sites (N-methyl/N-ethyl adjacent to an activating group) is 1. The van der Waals surface area contributed by atoms with E-state index in [0.29, 0.717) is 28.8 Å². The third-order valence-electron chi connectivity index (χ3n) is 4.48. The van der Waals surface area contributed by atoms with Gasteiger partial charge in [0, 0.05) is 40.2 Å². The van der Waals surface area contributed by atoms with Gasteiger partial charge in [0.15, 0.2) is 0 Å². The predicted octanol–water partition coefficient (Wildman–Crippen LogP) is 5.34. The molecule has 7 heteroatoms. The molecule has 0 bridgehead atoms. The van der Waals surface area contributed by atoms with Gasteiger partial charge in [0.1, 0.15) is 6.04 Å². The second-order valence-electron chi connectivity index (χ2n) is 6.74. The van der Waals surface area contributed by atoms with Gasteiger partial charge in [0.2, 0.25) is 11.8 Å². The summed E-state index contributed by atoms with van der Waals surface area (Å²) < 4.78 is 0. The van der Waals surface area contributed by atoms with E-state index in [2.05, 4.69) is 17.4 Å². The van der Waals surface area contributed by atoms with Crippen LogP contribution in [0.3, 0.4) is 0 Å². The van der Waals surface area contributed by atoms with Crippen LogP contribution in [0.4, 0.5) is 0 Å². The van der Waals surface area contributed by atoms with Crippen LogP contribution < -0.4 is 5.32 Å². The second-order valence-corrected chi connectivity index (χ2v) is 8.75. The minimum atomic E-state index is -0.599. The molecule has 2 aromatic carbocycles. The van der Waals surface area contributed by atoms with Crippen molar-refractivity contribution in [1.29, 1.82) is 0 Å². The highest BCUT2D eigenvalue weighted by Gasteiger charge is 2.26. The van der Waals surface area contributed by atoms with Crippen molar-refractivity contribution in [2.45, 2.75) is 44.7 Å². The van der Waals surface area contributed by atoms with E-state index in [1.165, 1.54) is 5.56 Å². The number of amides is 2. The first kappa shape index (κ1) is 23.6. The predicted molar refractivity (Wildman–Crippen MR) is 122 cm³/mol. The van der Waals surface area contributed by atoms with Gasteiger partial charge in [-0.3, -0.25) is 9.59 Å². The van der Waals surface area contributed by atoms with Crippen LogP contribution in [-0.2, 0) is 16.1 Å². The monoisotopic (exact) mass is 452 g/mol. The van der Waals surface area contributed by atoms with E-state index in [9.17, 15) is 9.59 Å². The molecular weight excluding hydrogens is 427 g/mol. The molecule has 1 N–H and O–H groups in total. The summed E-state index contributed by atoms with van der Waals surface area (Å²) >= 11 is 13.9. The zero-order valence-corrected chi connectivity index (χ0v) is 19.2. The summed E-state index contributed by atoms with van der Waals surface area (Å²) in [5, 5.41) is 3.79.